The molecule has 1 amide bonds. The van der Waals surface area contributed by atoms with E-state index in [4.69, 9.17) is 0 Å². The molecule has 1 aromatic carbocycles. The SMILES string of the molecule is Cc1cc(C(=O)NCC2(C)CCNCC2)nn1-c1ccccc1. The fourth-order valence-corrected chi connectivity index (χ4v) is 3.01. The van der Waals surface area contributed by atoms with Crippen molar-refractivity contribution in [1.82, 2.24) is 20.4 Å². The Labute approximate surface area is 137 Å². The number of nitrogens with one attached hydrogen (secondary N) is 2. The summed E-state index contributed by atoms with van der Waals surface area (Å²) in [5, 5.41) is 10.9. The molecule has 1 aliphatic heterocycles. The van der Waals surface area contributed by atoms with E-state index in [-0.39, 0.29) is 11.3 Å². The number of aryl methyl sites for hydroxylation is 1. The molecule has 5 heteroatoms. The highest BCUT2D eigenvalue weighted by Crippen LogP contribution is 2.26. The van der Waals surface area contributed by atoms with Crippen molar-refractivity contribution in [2.24, 2.45) is 5.41 Å². The predicted molar refractivity (Wildman–Crippen MR) is 90.8 cm³/mol. The molecule has 5 nitrogen and oxygen atoms in total. The summed E-state index contributed by atoms with van der Waals surface area (Å²) >= 11 is 0. The van der Waals surface area contributed by atoms with Gasteiger partial charge >= 0.3 is 0 Å². The molecule has 0 aliphatic carbocycles. The molecule has 2 N–H and O–H groups in total. The number of carbonyl (C=O) groups is 1. The van der Waals surface area contributed by atoms with Crippen LogP contribution < -0.4 is 10.6 Å². The molecule has 2 aromatic rings. The normalized spacial score (nSPS) is 17.0. The molecule has 1 fully saturated rings. The fourth-order valence-electron chi connectivity index (χ4n) is 3.01. The summed E-state index contributed by atoms with van der Waals surface area (Å²) in [4.78, 5) is 12.4. The second kappa shape index (κ2) is 6.54. The van der Waals surface area contributed by atoms with Crippen molar-refractivity contribution < 1.29 is 4.79 Å². The van der Waals surface area contributed by atoms with Crippen molar-refractivity contribution in [3.63, 3.8) is 0 Å². The van der Waals surface area contributed by atoms with Gasteiger partial charge in [-0.25, -0.2) is 4.68 Å². The van der Waals surface area contributed by atoms with Crippen molar-refractivity contribution in [2.45, 2.75) is 26.7 Å². The zero-order valence-electron chi connectivity index (χ0n) is 13.8. The van der Waals surface area contributed by atoms with Gasteiger partial charge in [0.15, 0.2) is 5.69 Å². The van der Waals surface area contributed by atoms with Gasteiger partial charge in [0.2, 0.25) is 0 Å². The summed E-state index contributed by atoms with van der Waals surface area (Å²) in [6.45, 7) is 6.94. The van der Waals surface area contributed by atoms with E-state index in [1.54, 1.807) is 4.68 Å². The second-order valence-electron chi connectivity index (χ2n) is 6.66. The molecule has 3 rings (SSSR count). The standard InChI is InChI=1S/C18H24N4O/c1-14-12-16(21-22(14)15-6-4-3-5-7-15)17(23)20-13-18(2)8-10-19-11-9-18/h3-7,12,19H,8-11,13H2,1-2H3,(H,20,23). The number of aromatic nitrogens is 2. The lowest BCUT2D eigenvalue weighted by Crippen LogP contribution is -2.43. The summed E-state index contributed by atoms with van der Waals surface area (Å²) in [7, 11) is 0. The van der Waals surface area contributed by atoms with Crippen molar-refractivity contribution >= 4 is 5.91 Å². The van der Waals surface area contributed by atoms with E-state index in [2.05, 4.69) is 22.7 Å². The van der Waals surface area contributed by atoms with Gasteiger partial charge in [-0.05, 0) is 56.5 Å². The molecule has 2 heterocycles. The average Bonchev–Trinajstić information content (AvgIpc) is 2.96. The van der Waals surface area contributed by atoms with E-state index in [1.807, 2.05) is 43.3 Å². The molecule has 1 saturated heterocycles. The lowest BCUT2D eigenvalue weighted by molar-refractivity contribution is 0.0917. The van der Waals surface area contributed by atoms with Crippen molar-refractivity contribution in [1.29, 1.82) is 0 Å². The Balaban J connectivity index is 1.68. The Morgan fingerprint density at radius 3 is 2.70 bits per heavy atom. The van der Waals surface area contributed by atoms with E-state index in [9.17, 15) is 4.79 Å². The maximum Gasteiger partial charge on any atom is 0.271 e. The van der Waals surface area contributed by atoms with Crippen LogP contribution in [0.2, 0.25) is 0 Å². The maximum absolute atomic E-state index is 12.4. The second-order valence-corrected chi connectivity index (χ2v) is 6.66. The molecule has 0 saturated carbocycles. The van der Waals surface area contributed by atoms with Gasteiger partial charge in [-0.15, -0.1) is 0 Å². The quantitative estimate of drug-likeness (QED) is 0.911. The van der Waals surface area contributed by atoms with Gasteiger partial charge in [0, 0.05) is 12.2 Å². The first-order chi connectivity index (χ1) is 11.1. The Kier molecular flexibility index (Phi) is 4.48. The molecule has 0 radical (unpaired) electrons. The van der Waals surface area contributed by atoms with Crippen LogP contribution in [0.3, 0.4) is 0 Å². The third-order valence-corrected chi connectivity index (χ3v) is 4.61. The van der Waals surface area contributed by atoms with Crippen LogP contribution in [-0.4, -0.2) is 35.3 Å². The van der Waals surface area contributed by atoms with Crippen LogP contribution >= 0.6 is 0 Å². The van der Waals surface area contributed by atoms with Crippen LogP contribution in [0.15, 0.2) is 36.4 Å². The molecule has 23 heavy (non-hydrogen) atoms. The van der Waals surface area contributed by atoms with Gasteiger partial charge < -0.3 is 10.6 Å². The number of amides is 1. The molecule has 1 aromatic heterocycles. The van der Waals surface area contributed by atoms with E-state index in [1.165, 1.54) is 0 Å². The minimum Gasteiger partial charge on any atom is -0.350 e. The van der Waals surface area contributed by atoms with Gasteiger partial charge in [0.25, 0.3) is 5.91 Å². The molecule has 1 aliphatic rings. The van der Waals surface area contributed by atoms with Gasteiger partial charge in [0.1, 0.15) is 0 Å². The number of hydrogen-bond acceptors (Lipinski definition) is 3. The first kappa shape index (κ1) is 15.7. The predicted octanol–water partition coefficient (Wildman–Crippen LogP) is 2.30. The number of benzene rings is 1. The molecule has 0 bridgehead atoms. The van der Waals surface area contributed by atoms with Gasteiger partial charge in [0.05, 0.1) is 5.69 Å². The van der Waals surface area contributed by atoms with E-state index >= 15 is 0 Å². The summed E-state index contributed by atoms with van der Waals surface area (Å²) in [5.74, 6) is -0.0949. The summed E-state index contributed by atoms with van der Waals surface area (Å²) in [6.07, 6.45) is 2.18. The van der Waals surface area contributed by atoms with Crippen LogP contribution in [-0.2, 0) is 0 Å². The highest BCUT2D eigenvalue weighted by atomic mass is 16.1. The Morgan fingerprint density at radius 2 is 2.00 bits per heavy atom. The summed E-state index contributed by atoms with van der Waals surface area (Å²) < 4.78 is 1.81. The maximum atomic E-state index is 12.4. The van der Waals surface area contributed by atoms with Crippen LogP contribution in [0.5, 0.6) is 0 Å². The molecular formula is C18H24N4O. The van der Waals surface area contributed by atoms with E-state index in [0.29, 0.717) is 12.2 Å². The number of hydrogen-bond donors (Lipinski definition) is 2. The van der Waals surface area contributed by atoms with Crippen molar-refractivity contribution in [3.05, 3.63) is 47.8 Å². The number of para-hydroxylation sites is 1. The third-order valence-electron chi connectivity index (χ3n) is 4.61. The van der Waals surface area contributed by atoms with Gasteiger partial charge in [-0.1, -0.05) is 25.1 Å². The highest BCUT2D eigenvalue weighted by Gasteiger charge is 2.27. The van der Waals surface area contributed by atoms with Gasteiger partial charge in [-0.3, -0.25) is 4.79 Å². The van der Waals surface area contributed by atoms with Gasteiger partial charge in [-0.2, -0.15) is 5.10 Å². The molecule has 0 unspecified atom stereocenters. The summed E-state index contributed by atoms with van der Waals surface area (Å²) in [6, 6.07) is 11.7. The number of carbonyl (C=O) groups excluding carboxylic acids is 1. The minimum absolute atomic E-state index is 0.0949. The number of piperidine rings is 1. The van der Waals surface area contributed by atoms with Crippen LogP contribution in [0.4, 0.5) is 0 Å². The minimum atomic E-state index is -0.0949. The van der Waals surface area contributed by atoms with Crippen LogP contribution in [0.1, 0.15) is 35.9 Å². The van der Waals surface area contributed by atoms with Crippen LogP contribution in [0.25, 0.3) is 5.69 Å². The fraction of sp³-hybridized carbons (Fsp3) is 0.444. The lowest BCUT2D eigenvalue weighted by Gasteiger charge is -2.34. The zero-order chi connectivity index (χ0) is 16.3. The number of nitrogens with zero attached hydrogens (tertiary/aromatic N) is 2. The lowest BCUT2D eigenvalue weighted by atomic mass is 9.81. The molecular weight excluding hydrogens is 288 g/mol. The largest absolute Gasteiger partial charge is 0.350 e. The first-order valence-electron chi connectivity index (χ1n) is 8.18. The first-order valence-corrected chi connectivity index (χ1v) is 8.18. The number of rotatable bonds is 4. The van der Waals surface area contributed by atoms with E-state index in [0.717, 1.165) is 37.3 Å². The van der Waals surface area contributed by atoms with Crippen LogP contribution in [0, 0.1) is 12.3 Å². The molecule has 0 atom stereocenters. The van der Waals surface area contributed by atoms with Crippen molar-refractivity contribution in [2.75, 3.05) is 19.6 Å². The Morgan fingerprint density at radius 1 is 1.30 bits per heavy atom. The molecule has 0 spiro atoms. The molecule has 122 valence electrons. The Hall–Kier alpha value is -2.14. The third kappa shape index (κ3) is 3.62. The Bertz CT molecular complexity index is 672. The average molecular weight is 312 g/mol. The highest BCUT2D eigenvalue weighted by molar-refractivity contribution is 5.92. The monoisotopic (exact) mass is 312 g/mol. The van der Waals surface area contributed by atoms with E-state index < -0.39 is 0 Å². The topological polar surface area (TPSA) is 59.0 Å². The zero-order valence-corrected chi connectivity index (χ0v) is 13.8. The smallest absolute Gasteiger partial charge is 0.271 e. The van der Waals surface area contributed by atoms with Crippen molar-refractivity contribution in [3.8, 4) is 5.69 Å². The summed E-state index contributed by atoms with van der Waals surface area (Å²) in [5.41, 5.74) is 2.57.